The Hall–Kier alpha value is -3.32. The predicted octanol–water partition coefficient (Wildman–Crippen LogP) is 4.76. The van der Waals surface area contributed by atoms with E-state index < -0.39 is 17.7 Å². The van der Waals surface area contributed by atoms with Crippen LogP contribution in [0.2, 0.25) is 0 Å². The highest BCUT2D eigenvalue weighted by molar-refractivity contribution is 6.46. The summed E-state index contributed by atoms with van der Waals surface area (Å²) in [6, 6.07) is 10.8. The molecule has 0 saturated carbocycles. The summed E-state index contributed by atoms with van der Waals surface area (Å²) in [5, 5.41) is 21.4. The number of ether oxygens (including phenoxy) is 2. The SMILES string of the molecule is CCOc1ccc(/C(O)=C2/C(=O)C(=O)N(CCOC(C)C)C2c2cccc(O)c2)cc1C(C)C. The van der Waals surface area contributed by atoms with Crippen molar-refractivity contribution in [1.82, 2.24) is 4.90 Å². The molecule has 0 radical (unpaired) electrons. The van der Waals surface area contributed by atoms with Gasteiger partial charge in [-0.15, -0.1) is 0 Å². The van der Waals surface area contributed by atoms with E-state index in [9.17, 15) is 19.8 Å². The van der Waals surface area contributed by atoms with E-state index in [1.54, 1.807) is 30.3 Å². The van der Waals surface area contributed by atoms with Crippen molar-refractivity contribution in [3.8, 4) is 11.5 Å². The Morgan fingerprint density at radius 2 is 1.82 bits per heavy atom. The number of phenols is 1. The Bertz CT molecular complexity index is 1090. The van der Waals surface area contributed by atoms with Crippen LogP contribution < -0.4 is 4.74 Å². The molecular weight excluding hydrogens is 434 g/mol. The maximum atomic E-state index is 13.1. The number of rotatable bonds is 9. The Balaban J connectivity index is 2.13. The summed E-state index contributed by atoms with van der Waals surface area (Å²) in [6.07, 6.45) is -0.0330. The first-order valence-corrected chi connectivity index (χ1v) is 11.6. The van der Waals surface area contributed by atoms with Crippen molar-refractivity contribution in [3.05, 3.63) is 64.7 Å². The summed E-state index contributed by atoms with van der Waals surface area (Å²) in [4.78, 5) is 27.5. The predicted molar refractivity (Wildman–Crippen MR) is 130 cm³/mol. The molecule has 34 heavy (non-hydrogen) atoms. The fourth-order valence-corrected chi connectivity index (χ4v) is 4.13. The second-order valence-corrected chi connectivity index (χ2v) is 8.85. The van der Waals surface area contributed by atoms with Gasteiger partial charge in [-0.3, -0.25) is 9.59 Å². The van der Waals surface area contributed by atoms with Crippen molar-refractivity contribution in [2.75, 3.05) is 19.8 Å². The number of nitrogens with zero attached hydrogens (tertiary/aromatic N) is 1. The highest BCUT2D eigenvalue weighted by atomic mass is 16.5. The molecule has 2 aromatic carbocycles. The standard InChI is InChI=1S/C27H33NO6/c1-6-33-22-11-10-19(15-21(22)16(2)3)25(30)23-24(18-8-7-9-20(29)14-18)28(27(32)26(23)31)12-13-34-17(4)5/h7-11,14-17,24,29-30H,6,12-13H2,1-5H3/b25-23-. The zero-order valence-electron chi connectivity index (χ0n) is 20.4. The number of benzene rings is 2. The number of likely N-dealkylation sites (tertiary alicyclic amines) is 1. The summed E-state index contributed by atoms with van der Waals surface area (Å²) in [6.45, 7) is 10.6. The molecule has 1 saturated heterocycles. The van der Waals surface area contributed by atoms with Crippen LogP contribution in [0.4, 0.5) is 0 Å². The van der Waals surface area contributed by atoms with Gasteiger partial charge in [0, 0.05) is 12.1 Å². The smallest absolute Gasteiger partial charge is 0.295 e. The molecule has 0 spiro atoms. The topological polar surface area (TPSA) is 96.3 Å². The van der Waals surface area contributed by atoms with Gasteiger partial charge in [0.1, 0.15) is 17.3 Å². The van der Waals surface area contributed by atoms with Crippen LogP contribution in [0.1, 0.15) is 63.3 Å². The number of amides is 1. The van der Waals surface area contributed by atoms with Crippen molar-refractivity contribution >= 4 is 17.4 Å². The number of aliphatic hydroxyl groups is 1. The van der Waals surface area contributed by atoms with Crippen molar-refractivity contribution in [2.45, 2.75) is 52.7 Å². The van der Waals surface area contributed by atoms with E-state index in [4.69, 9.17) is 9.47 Å². The highest BCUT2D eigenvalue weighted by Gasteiger charge is 2.46. The summed E-state index contributed by atoms with van der Waals surface area (Å²) in [5.41, 5.74) is 1.83. The van der Waals surface area contributed by atoms with Crippen LogP contribution in [0.5, 0.6) is 11.5 Å². The number of Topliss-reactive ketones (excluding diaryl/α,β-unsaturated/α-hetero) is 1. The molecule has 1 heterocycles. The minimum Gasteiger partial charge on any atom is -0.508 e. The summed E-state index contributed by atoms with van der Waals surface area (Å²) in [7, 11) is 0. The average molecular weight is 468 g/mol. The first kappa shape index (κ1) is 25.3. The molecule has 7 nitrogen and oxygen atoms in total. The molecule has 0 bridgehead atoms. The molecule has 0 aromatic heterocycles. The van der Waals surface area contributed by atoms with Crippen molar-refractivity contribution < 1.29 is 29.3 Å². The molecule has 2 N–H and O–H groups in total. The molecule has 3 rings (SSSR count). The molecule has 1 amide bonds. The Morgan fingerprint density at radius 3 is 2.44 bits per heavy atom. The van der Waals surface area contributed by atoms with Crippen LogP contribution in [-0.4, -0.2) is 52.7 Å². The normalized spacial score (nSPS) is 17.7. The third kappa shape index (κ3) is 5.25. The lowest BCUT2D eigenvalue weighted by Gasteiger charge is -2.26. The van der Waals surface area contributed by atoms with Crippen LogP contribution in [-0.2, 0) is 14.3 Å². The van der Waals surface area contributed by atoms with Gasteiger partial charge in [-0.2, -0.15) is 0 Å². The van der Waals surface area contributed by atoms with E-state index in [2.05, 4.69) is 0 Å². The maximum absolute atomic E-state index is 13.1. The quantitative estimate of drug-likeness (QED) is 0.314. The van der Waals surface area contributed by atoms with Crippen molar-refractivity contribution in [2.24, 2.45) is 0 Å². The van der Waals surface area contributed by atoms with E-state index >= 15 is 0 Å². The Labute approximate surface area is 200 Å². The second-order valence-electron chi connectivity index (χ2n) is 8.85. The number of phenolic OH excluding ortho intramolecular Hbond substituents is 1. The number of carbonyl (C=O) groups is 2. The first-order chi connectivity index (χ1) is 16.1. The zero-order chi connectivity index (χ0) is 25.0. The lowest BCUT2D eigenvalue weighted by Crippen LogP contribution is -2.33. The van der Waals surface area contributed by atoms with Crippen LogP contribution in [0, 0.1) is 0 Å². The number of carbonyl (C=O) groups excluding carboxylic acids is 2. The van der Waals surface area contributed by atoms with Crippen LogP contribution in [0.15, 0.2) is 48.0 Å². The highest BCUT2D eigenvalue weighted by Crippen LogP contribution is 2.41. The van der Waals surface area contributed by atoms with Gasteiger partial charge in [0.2, 0.25) is 0 Å². The first-order valence-electron chi connectivity index (χ1n) is 11.6. The minimum absolute atomic E-state index is 0.00433. The fraction of sp³-hybridized carbons (Fsp3) is 0.407. The lowest BCUT2D eigenvalue weighted by atomic mass is 9.93. The molecule has 1 atom stereocenters. The van der Waals surface area contributed by atoms with Gasteiger partial charge in [-0.25, -0.2) is 0 Å². The maximum Gasteiger partial charge on any atom is 0.295 e. The molecule has 1 unspecified atom stereocenters. The molecule has 182 valence electrons. The monoisotopic (exact) mass is 467 g/mol. The van der Waals surface area contributed by atoms with Crippen molar-refractivity contribution in [1.29, 1.82) is 0 Å². The van der Waals surface area contributed by atoms with Crippen LogP contribution in [0.3, 0.4) is 0 Å². The zero-order valence-corrected chi connectivity index (χ0v) is 20.4. The molecule has 0 aliphatic carbocycles. The molecule has 1 aliphatic heterocycles. The van der Waals surface area contributed by atoms with Crippen LogP contribution >= 0.6 is 0 Å². The number of ketones is 1. The summed E-state index contributed by atoms with van der Waals surface area (Å²) < 4.78 is 11.3. The Kier molecular flexibility index (Phi) is 7.99. The number of aromatic hydroxyl groups is 1. The lowest BCUT2D eigenvalue weighted by molar-refractivity contribution is -0.140. The van der Waals surface area contributed by atoms with Gasteiger partial charge in [0.25, 0.3) is 11.7 Å². The third-order valence-corrected chi connectivity index (χ3v) is 5.71. The summed E-state index contributed by atoms with van der Waals surface area (Å²) in [5.74, 6) is -0.905. The number of hydrogen-bond donors (Lipinski definition) is 2. The van der Waals surface area contributed by atoms with E-state index in [0.717, 1.165) is 5.56 Å². The largest absolute Gasteiger partial charge is 0.508 e. The second kappa shape index (κ2) is 10.7. The van der Waals surface area contributed by atoms with E-state index in [-0.39, 0.29) is 42.3 Å². The average Bonchev–Trinajstić information content (AvgIpc) is 3.03. The minimum atomic E-state index is -0.850. The Morgan fingerprint density at radius 1 is 1.09 bits per heavy atom. The van der Waals surface area contributed by atoms with Crippen LogP contribution in [0.25, 0.3) is 5.76 Å². The van der Waals surface area contributed by atoms with E-state index in [1.165, 1.54) is 17.0 Å². The van der Waals surface area contributed by atoms with Gasteiger partial charge >= 0.3 is 0 Å². The van der Waals surface area contributed by atoms with Gasteiger partial charge in [-0.05, 0) is 68.1 Å². The van der Waals surface area contributed by atoms with Crippen molar-refractivity contribution in [3.63, 3.8) is 0 Å². The molecular formula is C27H33NO6. The van der Waals surface area contributed by atoms with Gasteiger partial charge < -0.3 is 24.6 Å². The third-order valence-electron chi connectivity index (χ3n) is 5.71. The van der Waals surface area contributed by atoms with Gasteiger partial charge in [0.15, 0.2) is 0 Å². The number of hydrogen-bond acceptors (Lipinski definition) is 6. The van der Waals surface area contributed by atoms with E-state index in [1.807, 2.05) is 34.6 Å². The molecule has 1 fully saturated rings. The molecule has 2 aromatic rings. The molecule has 7 heteroatoms. The summed E-state index contributed by atoms with van der Waals surface area (Å²) >= 11 is 0. The van der Waals surface area contributed by atoms with Gasteiger partial charge in [0.05, 0.1) is 30.9 Å². The van der Waals surface area contributed by atoms with E-state index in [0.29, 0.717) is 23.5 Å². The molecule has 1 aliphatic rings. The number of aliphatic hydroxyl groups excluding tert-OH is 1. The fourth-order valence-electron chi connectivity index (χ4n) is 4.13. The van der Waals surface area contributed by atoms with Gasteiger partial charge in [-0.1, -0.05) is 26.0 Å².